The molecule has 0 bridgehead atoms. The first kappa shape index (κ1) is 15.9. The van der Waals surface area contributed by atoms with Crippen LogP contribution in [-0.4, -0.2) is 44.1 Å². The van der Waals surface area contributed by atoms with E-state index in [0.717, 1.165) is 38.2 Å². The Balaban J connectivity index is 2.15. The van der Waals surface area contributed by atoms with Crippen LogP contribution in [0.5, 0.6) is 0 Å². The monoisotopic (exact) mass is 294 g/mol. The summed E-state index contributed by atoms with van der Waals surface area (Å²) in [6.07, 6.45) is 2.59. The van der Waals surface area contributed by atoms with E-state index in [0.29, 0.717) is 0 Å². The Hall–Kier alpha value is -1.50. The molecule has 0 spiro atoms. The lowest BCUT2D eigenvalue weighted by atomic mass is 9.94. The van der Waals surface area contributed by atoms with Crippen LogP contribution in [0.15, 0.2) is 0 Å². The predicted octanol–water partition coefficient (Wildman–Crippen LogP) is 1.08. The number of carbonyl (C=O) groups is 1. The predicted molar refractivity (Wildman–Crippen MR) is 79.3 cm³/mol. The van der Waals surface area contributed by atoms with Crippen molar-refractivity contribution in [3.8, 4) is 0 Å². The maximum absolute atomic E-state index is 11.3. The van der Waals surface area contributed by atoms with Gasteiger partial charge in [-0.1, -0.05) is 6.92 Å². The van der Waals surface area contributed by atoms with E-state index >= 15 is 0 Å². The molecule has 0 saturated carbocycles. The summed E-state index contributed by atoms with van der Waals surface area (Å²) in [7, 11) is 0. The summed E-state index contributed by atoms with van der Waals surface area (Å²) in [5, 5.41) is 12.3. The second-order valence-corrected chi connectivity index (χ2v) is 6.76. The first-order valence-electron chi connectivity index (χ1n) is 7.66. The second-order valence-electron chi connectivity index (χ2n) is 6.76. The summed E-state index contributed by atoms with van der Waals surface area (Å²) in [4.78, 5) is 13.7. The third-order valence-corrected chi connectivity index (χ3v) is 4.19. The zero-order valence-corrected chi connectivity index (χ0v) is 13.4. The summed E-state index contributed by atoms with van der Waals surface area (Å²) in [6.45, 7) is 10.2. The van der Waals surface area contributed by atoms with Gasteiger partial charge < -0.3 is 5.73 Å². The van der Waals surface area contributed by atoms with Gasteiger partial charge in [-0.25, -0.2) is 4.68 Å². The van der Waals surface area contributed by atoms with Crippen LogP contribution in [0.2, 0.25) is 0 Å². The molecule has 7 nitrogen and oxygen atoms in total. The molecule has 7 heteroatoms. The largest absolute Gasteiger partial charge is 0.369 e. The van der Waals surface area contributed by atoms with Gasteiger partial charge in [0, 0.05) is 5.92 Å². The van der Waals surface area contributed by atoms with Gasteiger partial charge in [-0.15, -0.1) is 5.10 Å². The topological polar surface area (TPSA) is 89.9 Å². The highest BCUT2D eigenvalue weighted by Crippen LogP contribution is 2.29. The van der Waals surface area contributed by atoms with Crippen molar-refractivity contribution in [1.82, 2.24) is 25.1 Å². The Morgan fingerprint density at radius 1 is 1.38 bits per heavy atom. The molecular formula is C14H26N6O. The van der Waals surface area contributed by atoms with Crippen molar-refractivity contribution < 1.29 is 4.79 Å². The van der Waals surface area contributed by atoms with E-state index in [1.54, 1.807) is 0 Å². The summed E-state index contributed by atoms with van der Waals surface area (Å²) in [5.41, 5.74) is 5.26. The second kappa shape index (κ2) is 6.09. The minimum absolute atomic E-state index is 0.0115. The van der Waals surface area contributed by atoms with Crippen molar-refractivity contribution in [2.45, 2.75) is 58.5 Å². The molecule has 2 N–H and O–H groups in total. The number of tetrazole rings is 1. The summed E-state index contributed by atoms with van der Waals surface area (Å²) < 4.78 is 1.90. The number of hydrogen-bond donors (Lipinski definition) is 1. The highest BCUT2D eigenvalue weighted by Gasteiger charge is 2.32. The van der Waals surface area contributed by atoms with E-state index in [2.05, 4.69) is 48.1 Å². The van der Waals surface area contributed by atoms with Crippen molar-refractivity contribution in [1.29, 1.82) is 0 Å². The van der Waals surface area contributed by atoms with Crippen molar-refractivity contribution in [2.75, 3.05) is 13.1 Å². The van der Waals surface area contributed by atoms with Gasteiger partial charge in [-0.3, -0.25) is 9.69 Å². The third kappa shape index (κ3) is 3.40. The molecule has 1 saturated heterocycles. The van der Waals surface area contributed by atoms with Gasteiger partial charge >= 0.3 is 0 Å². The van der Waals surface area contributed by atoms with Gasteiger partial charge in [0.25, 0.3) is 0 Å². The molecule has 118 valence electrons. The highest BCUT2D eigenvalue weighted by atomic mass is 16.1. The molecular weight excluding hydrogens is 268 g/mol. The summed E-state index contributed by atoms with van der Waals surface area (Å²) in [5.74, 6) is 0.738. The quantitative estimate of drug-likeness (QED) is 0.897. The number of rotatable bonds is 4. The SMILES string of the molecule is CC[C@@H](c1nnnn1C(C)(C)C)N1CCC(C(N)=O)CC1. The minimum Gasteiger partial charge on any atom is -0.369 e. The van der Waals surface area contributed by atoms with Gasteiger partial charge in [-0.05, 0) is 63.5 Å². The smallest absolute Gasteiger partial charge is 0.220 e. The normalized spacial score (nSPS) is 19.6. The van der Waals surface area contributed by atoms with E-state index in [4.69, 9.17) is 5.73 Å². The number of likely N-dealkylation sites (tertiary alicyclic amines) is 1. The first-order valence-corrected chi connectivity index (χ1v) is 7.66. The van der Waals surface area contributed by atoms with E-state index in [1.807, 2.05) is 4.68 Å². The van der Waals surface area contributed by atoms with Crippen LogP contribution in [0.3, 0.4) is 0 Å². The fourth-order valence-electron chi connectivity index (χ4n) is 2.98. The molecule has 2 heterocycles. The molecule has 1 fully saturated rings. The zero-order chi connectivity index (χ0) is 15.6. The van der Waals surface area contributed by atoms with Crippen molar-refractivity contribution in [3.63, 3.8) is 0 Å². The molecule has 21 heavy (non-hydrogen) atoms. The van der Waals surface area contributed by atoms with Crippen LogP contribution in [0.4, 0.5) is 0 Å². The maximum atomic E-state index is 11.3. The molecule has 1 aromatic heterocycles. The average Bonchev–Trinajstić information content (AvgIpc) is 2.89. The number of primary amides is 1. The number of hydrogen-bond acceptors (Lipinski definition) is 5. The number of amides is 1. The number of nitrogens with two attached hydrogens (primary N) is 1. The number of aromatic nitrogens is 4. The third-order valence-electron chi connectivity index (χ3n) is 4.19. The zero-order valence-electron chi connectivity index (χ0n) is 13.4. The van der Waals surface area contributed by atoms with Crippen LogP contribution in [0.25, 0.3) is 0 Å². The summed E-state index contributed by atoms with van der Waals surface area (Å²) in [6, 6.07) is 0.188. The Kier molecular flexibility index (Phi) is 4.61. The fourth-order valence-corrected chi connectivity index (χ4v) is 2.98. The van der Waals surface area contributed by atoms with Crippen molar-refractivity contribution >= 4 is 5.91 Å². The molecule has 0 radical (unpaired) electrons. The number of carbonyl (C=O) groups excluding carboxylic acids is 1. The van der Waals surface area contributed by atoms with Gasteiger partial charge in [0.05, 0.1) is 11.6 Å². The Labute approximate surface area is 125 Å². The molecule has 1 atom stereocenters. The van der Waals surface area contributed by atoms with Crippen LogP contribution >= 0.6 is 0 Å². The molecule has 1 aromatic rings. The van der Waals surface area contributed by atoms with E-state index in [9.17, 15) is 4.79 Å². The van der Waals surface area contributed by atoms with Crippen molar-refractivity contribution in [2.24, 2.45) is 11.7 Å². The first-order chi connectivity index (χ1) is 9.84. The van der Waals surface area contributed by atoms with Gasteiger partial charge in [0.1, 0.15) is 0 Å². The Morgan fingerprint density at radius 3 is 2.48 bits per heavy atom. The molecule has 1 aliphatic rings. The van der Waals surface area contributed by atoms with Gasteiger partial charge in [-0.2, -0.15) is 0 Å². The van der Waals surface area contributed by atoms with Crippen molar-refractivity contribution in [3.05, 3.63) is 5.82 Å². The highest BCUT2D eigenvalue weighted by molar-refractivity contribution is 5.76. The molecule has 1 amide bonds. The molecule has 0 aromatic carbocycles. The lowest BCUT2D eigenvalue weighted by molar-refractivity contribution is -0.123. The Bertz CT molecular complexity index is 484. The molecule has 0 unspecified atom stereocenters. The summed E-state index contributed by atoms with van der Waals surface area (Å²) >= 11 is 0. The maximum Gasteiger partial charge on any atom is 0.220 e. The number of piperidine rings is 1. The van der Waals surface area contributed by atoms with Crippen LogP contribution in [-0.2, 0) is 10.3 Å². The fraction of sp³-hybridized carbons (Fsp3) is 0.857. The van der Waals surface area contributed by atoms with Gasteiger partial charge in [0.2, 0.25) is 5.91 Å². The standard InChI is InChI=1S/C14H26N6O/c1-5-11(13-16-17-18-20(13)14(2,3)4)19-8-6-10(7-9-19)12(15)21/h10-11H,5-9H2,1-4H3,(H2,15,21)/t11-/m0/s1. The Morgan fingerprint density at radius 2 is 2.00 bits per heavy atom. The number of nitrogens with zero attached hydrogens (tertiary/aromatic N) is 5. The van der Waals surface area contributed by atoms with Crippen LogP contribution < -0.4 is 5.73 Å². The van der Waals surface area contributed by atoms with E-state index in [-0.39, 0.29) is 23.4 Å². The van der Waals surface area contributed by atoms with Gasteiger partial charge in [0.15, 0.2) is 5.82 Å². The van der Waals surface area contributed by atoms with Crippen LogP contribution in [0, 0.1) is 5.92 Å². The average molecular weight is 294 g/mol. The lowest BCUT2D eigenvalue weighted by Gasteiger charge is -2.36. The lowest BCUT2D eigenvalue weighted by Crippen LogP contribution is -2.42. The van der Waals surface area contributed by atoms with Crippen LogP contribution in [0.1, 0.15) is 58.8 Å². The molecule has 2 rings (SSSR count). The van der Waals surface area contributed by atoms with E-state index in [1.165, 1.54) is 0 Å². The molecule has 1 aliphatic heterocycles. The minimum atomic E-state index is -0.178. The molecule has 0 aliphatic carbocycles. The van der Waals surface area contributed by atoms with E-state index < -0.39 is 0 Å².